The van der Waals surface area contributed by atoms with E-state index in [4.69, 9.17) is 16.3 Å². The molecule has 0 unspecified atom stereocenters. The van der Waals surface area contributed by atoms with Gasteiger partial charge in [0, 0.05) is 24.5 Å². The zero-order valence-electron chi connectivity index (χ0n) is 11.7. The minimum Gasteiger partial charge on any atom is -0.495 e. The van der Waals surface area contributed by atoms with Gasteiger partial charge in [0.05, 0.1) is 18.2 Å². The number of hydrogen-bond donors (Lipinski definition) is 0. The molecule has 21 heavy (non-hydrogen) atoms. The van der Waals surface area contributed by atoms with E-state index in [1.165, 1.54) is 0 Å². The smallest absolute Gasteiger partial charge is 0.276 e. The van der Waals surface area contributed by atoms with E-state index >= 15 is 0 Å². The summed E-state index contributed by atoms with van der Waals surface area (Å²) in [5.74, 6) is 0.494. The first-order valence-corrected chi connectivity index (χ1v) is 6.68. The van der Waals surface area contributed by atoms with Crippen LogP contribution in [0, 0.1) is 0 Å². The van der Waals surface area contributed by atoms with Gasteiger partial charge in [-0.05, 0) is 25.1 Å². The van der Waals surface area contributed by atoms with E-state index in [0.717, 1.165) is 5.69 Å². The molecule has 7 heteroatoms. The lowest BCUT2D eigenvalue weighted by Gasteiger charge is -2.32. The minimum absolute atomic E-state index is 0. The summed E-state index contributed by atoms with van der Waals surface area (Å²) >= 11 is 6.02. The van der Waals surface area contributed by atoms with Crippen LogP contribution >= 0.6 is 25.1 Å². The van der Waals surface area contributed by atoms with Gasteiger partial charge in [0.1, 0.15) is 11.4 Å². The number of aromatic nitrogens is 2. The Hall–Kier alpha value is -1.66. The molecule has 0 saturated carbocycles. The number of fused-ring (bicyclic) bond motifs is 1. The normalized spacial score (nSPS) is 17.2. The molecule has 0 aliphatic carbocycles. The Kier molecular flexibility index (Phi) is 4.49. The monoisotopic (exact) mass is 325 g/mol. The highest BCUT2D eigenvalue weighted by Crippen LogP contribution is 2.32. The van der Waals surface area contributed by atoms with Crippen LogP contribution in [0.2, 0.25) is 5.02 Å². The summed E-state index contributed by atoms with van der Waals surface area (Å²) in [6.45, 7) is 2.60. The van der Waals surface area contributed by atoms with Crippen LogP contribution < -0.4 is 9.64 Å². The van der Waals surface area contributed by atoms with Crippen molar-refractivity contribution in [3.8, 4) is 5.75 Å². The van der Waals surface area contributed by atoms with E-state index in [1.807, 2.05) is 13.0 Å². The van der Waals surface area contributed by atoms with Crippen LogP contribution in [0.25, 0.3) is 0 Å². The quantitative estimate of drug-likeness (QED) is 0.853. The highest BCUT2D eigenvalue weighted by atomic mass is 35.5. The van der Waals surface area contributed by atoms with Gasteiger partial charge in [0.15, 0.2) is 0 Å². The van der Waals surface area contributed by atoms with Crippen LogP contribution in [0.15, 0.2) is 30.5 Å². The molecule has 2 heterocycles. The molecule has 1 aliphatic rings. The third-order valence-corrected chi connectivity index (χ3v) is 3.76. The van der Waals surface area contributed by atoms with Crippen molar-refractivity contribution in [1.82, 2.24) is 9.78 Å². The highest BCUT2D eigenvalue weighted by molar-refractivity contribution is 7.59. The van der Waals surface area contributed by atoms with E-state index < -0.39 is 0 Å². The van der Waals surface area contributed by atoms with E-state index in [-0.39, 0.29) is 25.4 Å². The Morgan fingerprint density at radius 2 is 2.14 bits per heavy atom. The van der Waals surface area contributed by atoms with Gasteiger partial charge < -0.3 is 9.64 Å². The molecule has 0 radical (unpaired) electrons. The summed E-state index contributed by atoms with van der Waals surface area (Å²) in [5.41, 5.74) is 1.37. The molecule has 0 bridgehead atoms. The zero-order chi connectivity index (χ0) is 14.3. The minimum atomic E-state index is -0.0648. The molecule has 5 nitrogen and oxygen atoms in total. The third kappa shape index (κ3) is 2.61. The molecule has 0 N–H and O–H groups in total. The standard InChI is InChI=1S/C14H14ClN3O2.H2S/c1-9-8-17(14(19)12-5-6-16-18(9)12)10-3-4-11(15)13(7-10)20-2;/h3-7,9H,8H2,1-2H3;1H2/t9-;/m0./s1. The van der Waals surface area contributed by atoms with Crippen molar-refractivity contribution in [2.45, 2.75) is 13.0 Å². The van der Waals surface area contributed by atoms with Gasteiger partial charge in [0.2, 0.25) is 0 Å². The SMILES string of the molecule is COc1cc(N2C[C@H](C)n3nccc3C2=O)ccc1Cl.S. The van der Waals surface area contributed by atoms with Crippen LogP contribution in [-0.4, -0.2) is 29.3 Å². The van der Waals surface area contributed by atoms with Crippen molar-refractivity contribution in [1.29, 1.82) is 0 Å². The number of halogens is 1. The molecular weight excluding hydrogens is 310 g/mol. The highest BCUT2D eigenvalue weighted by Gasteiger charge is 2.30. The number of anilines is 1. The fraction of sp³-hybridized carbons (Fsp3) is 0.286. The summed E-state index contributed by atoms with van der Waals surface area (Å²) in [4.78, 5) is 14.2. The predicted octanol–water partition coefficient (Wildman–Crippen LogP) is 2.88. The summed E-state index contributed by atoms with van der Waals surface area (Å²) in [5, 5.41) is 4.71. The molecule has 3 rings (SSSR count). The van der Waals surface area contributed by atoms with Gasteiger partial charge in [-0.3, -0.25) is 9.48 Å². The lowest BCUT2D eigenvalue weighted by atomic mass is 10.1. The van der Waals surface area contributed by atoms with Gasteiger partial charge in [-0.2, -0.15) is 18.6 Å². The van der Waals surface area contributed by atoms with E-state index in [1.54, 1.807) is 41.1 Å². The van der Waals surface area contributed by atoms with Crippen LogP contribution in [0.5, 0.6) is 5.75 Å². The number of methoxy groups -OCH3 is 1. The maximum Gasteiger partial charge on any atom is 0.276 e. The van der Waals surface area contributed by atoms with Crippen LogP contribution in [0.3, 0.4) is 0 Å². The second-order valence-corrected chi connectivity index (χ2v) is 5.15. The molecule has 0 fully saturated rings. The molecule has 2 aromatic rings. The van der Waals surface area contributed by atoms with Gasteiger partial charge >= 0.3 is 0 Å². The Labute approximate surface area is 134 Å². The maximum atomic E-state index is 12.5. The fourth-order valence-electron chi connectivity index (χ4n) is 2.44. The molecule has 1 aromatic carbocycles. The van der Waals surface area contributed by atoms with Gasteiger partial charge in [0.25, 0.3) is 5.91 Å². The van der Waals surface area contributed by atoms with E-state index in [9.17, 15) is 4.79 Å². The largest absolute Gasteiger partial charge is 0.495 e. The van der Waals surface area contributed by atoms with Crippen LogP contribution in [0.4, 0.5) is 5.69 Å². The number of rotatable bonds is 2. The van der Waals surface area contributed by atoms with Crippen molar-refractivity contribution in [2.24, 2.45) is 0 Å². The molecule has 1 amide bonds. The molecule has 0 saturated heterocycles. The molecule has 112 valence electrons. The number of nitrogens with zero attached hydrogens (tertiary/aromatic N) is 3. The summed E-state index contributed by atoms with van der Waals surface area (Å²) in [7, 11) is 1.56. The average molecular weight is 326 g/mol. The zero-order valence-corrected chi connectivity index (χ0v) is 13.5. The van der Waals surface area contributed by atoms with Gasteiger partial charge in [-0.15, -0.1) is 0 Å². The van der Waals surface area contributed by atoms with Crippen LogP contribution in [-0.2, 0) is 0 Å². The first-order chi connectivity index (χ1) is 9.61. The van der Waals surface area contributed by atoms with E-state index in [0.29, 0.717) is 23.0 Å². The third-order valence-electron chi connectivity index (χ3n) is 3.45. The Morgan fingerprint density at radius 3 is 2.86 bits per heavy atom. The predicted molar refractivity (Wildman–Crippen MR) is 87.0 cm³/mol. The Morgan fingerprint density at radius 1 is 1.38 bits per heavy atom. The molecule has 1 atom stereocenters. The lowest BCUT2D eigenvalue weighted by Crippen LogP contribution is -2.42. The van der Waals surface area contributed by atoms with E-state index in [2.05, 4.69) is 5.10 Å². The van der Waals surface area contributed by atoms with Crippen molar-refractivity contribution in [3.05, 3.63) is 41.2 Å². The topological polar surface area (TPSA) is 47.4 Å². The molecule has 1 aromatic heterocycles. The van der Waals surface area contributed by atoms with Gasteiger partial charge in [-0.25, -0.2) is 0 Å². The summed E-state index contributed by atoms with van der Waals surface area (Å²) in [6.07, 6.45) is 1.65. The average Bonchev–Trinajstić information content (AvgIpc) is 2.94. The van der Waals surface area contributed by atoms with Crippen molar-refractivity contribution >= 4 is 36.7 Å². The second kappa shape index (κ2) is 5.99. The number of hydrogen-bond acceptors (Lipinski definition) is 3. The summed E-state index contributed by atoms with van der Waals surface area (Å²) < 4.78 is 6.96. The number of benzene rings is 1. The second-order valence-electron chi connectivity index (χ2n) is 4.74. The Balaban J connectivity index is 0.00000161. The lowest BCUT2D eigenvalue weighted by molar-refractivity contribution is 0.0953. The number of carbonyl (C=O) groups is 1. The van der Waals surface area contributed by atoms with Crippen LogP contribution in [0.1, 0.15) is 23.5 Å². The Bertz CT molecular complexity index is 674. The van der Waals surface area contributed by atoms with Crippen molar-refractivity contribution in [2.75, 3.05) is 18.6 Å². The fourth-order valence-corrected chi connectivity index (χ4v) is 2.63. The summed E-state index contributed by atoms with van der Waals surface area (Å²) in [6, 6.07) is 7.19. The maximum absolute atomic E-state index is 12.5. The molecule has 0 spiro atoms. The van der Waals surface area contributed by atoms with Gasteiger partial charge in [-0.1, -0.05) is 11.6 Å². The number of ether oxygens (including phenoxy) is 1. The number of carbonyl (C=O) groups excluding carboxylic acids is 1. The molecular formula is C14H16ClN3O2S. The molecule has 1 aliphatic heterocycles. The number of amides is 1. The first-order valence-electron chi connectivity index (χ1n) is 6.30. The van der Waals surface area contributed by atoms with Crippen molar-refractivity contribution < 1.29 is 9.53 Å². The first kappa shape index (κ1) is 15.7. The van der Waals surface area contributed by atoms with Crippen molar-refractivity contribution in [3.63, 3.8) is 0 Å².